The highest BCUT2D eigenvalue weighted by Crippen LogP contribution is 2.42. The smallest absolute Gasteiger partial charge is 0.264 e. The first-order valence-electron chi connectivity index (χ1n) is 12.8. The quantitative estimate of drug-likeness (QED) is 0.123. The van der Waals surface area contributed by atoms with E-state index in [2.05, 4.69) is 5.32 Å². The number of carbonyl (C=O) groups excluding carboxylic acids is 2. The molecule has 0 atom stereocenters. The minimum absolute atomic E-state index is 0.0820. The first-order valence-corrected chi connectivity index (χ1v) is 14.6. The molecule has 0 saturated heterocycles. The van der Waals surface area contributed by atoms with Crippen LogP contribution in [0.25, 0.3) is 5.57 Å². The van der Waals surface area contributed by atoms with Crippen LogP contribution in [-0.4, -0.2) is 39.7 Å². The molecule has 1 heterocycles. The van der Waals surface area contributed by atoms with Crippen LogP contribution in [-0.2, 0) is 29.5 Å². The Morgan fingerprint density at radius 2 is 1.22 bits per heavy atom. The Morgan fingerprint density at radius 1 is 0.707 bits per heavy atom. The Kier molecular flexibility index (Phi) is 8.00. The molecule has 4 aromatic carbocycles. The summed E-state index contributed by atoms with van der Waals surface area (Å²) in [5.41, 5.74) is 2.02. The van der Waals surface area contributed by atoms with Crippen LogP contribution in [0, 0.1) is 0 Å². The molecule has 0 aliphatic carbocycles. The highest BCUT2D eigenvalue weighted by atomic mass is 32.2. The third-order valence-electron chi connectivity index (χ3n) is 6.41. The number of hydrogen-bond donors (Lipinski definition) is 1. The third-order valence-corrected chi connectivity index (χ3v) is 7.00. The van der Waals surface area contributed by atoms with E-state index in [-0.39, 0.29) is 18.8 Å². The SMILES string of the molecule is CS(=O)(=O)OCCOc1cc(OC(c2ccccc2)(c2ccccc2)c2ccccc2)cc(C2=CC(=O)NC2=O)c1. The number of carbonyl (C=O) groups is 2. The number of imide groups is 1. The number of benzene rings is 4. The Labute approximate surface area is 238 Å². The predicted molar refractivity (Wildman–Crippen MR) is 154 cm³/mol. The fraction of sp³-hybridized carbons (Fsp3) is 0.125. The van der Waals surface area contributed by atoms with Gasteiger partial charge in [0, 0.05) is 28.8 Å². The van der Waals surface area contributed by atoms with Crippen molar-refractivity contribution in [3.05, 3.63) is 138 Å². The van der Waals surface area contributed by atoms with Crippen LogP contribution in [0.15, 0.2) is 115 Å². The summed E-state index contributed by atoms with van der Waals surface area (Å²) in [7, 11) is -3.64. The Balaban J connectivity index is 1.65. The first-order chi connectivity index (χ1) is 19.7. The van der Waals surface area contributed by atoms with Crippen molar-refractivity contribution < 1.29 is 31.7 Å². The van der Waals surface area contributed by atoms with Crippen LogP contribution in [0.1, 0.15) is 22.3 Å². The summed E-state index contributed by atoms with van der Waals surface area (Å²) >= 11 is 0. The summed E-state index contributed by atoms with van der Waals surface area (Å²) in [5, 5.41) is 2.26. The van der Waals surface area contributed by atoms with Crippen LogP contribution in [0.5, 0.6) is 11.5 Å². The summed E-state index contributed by atoms with van der Waals surface area (Å²) in [6.07, 6.45) is 2.18. The Hall–Kier alpha value is -4.73. The van der Waals surface area contributed by atoms with E-state index in [0.717, 1.165) is 22.9 Å². The van der Waals surface area contributed by atoms with E-state index in [1.54, 1.807) is 18.2 Å². The Morgan fingerprint density at radius 3 is 1.68 bits per heavy atom. The van der Waals surface area contributed by atoms with Crippen molar-refractivity contribution in [2.45, 2.75) is 5.60 Å². The zero-order valence-electron chi connectivity index (χ0n) is 22.1. The summed E-state index contributed by atoms with van der Waals surface area (Å²) in [6, 6.07) is 34.2. The minimum atomic E-state index is -3.64. The number of hydrogen-bond acceptors (Lipinski definition) is 7. The maximum atomic E-state index is 12.6. The molecule has 41 heavy (non-hydrogen) atoms. The normalized spacial score (nSPS) is 13.4. The molecule has 9 heteroatoms. The summed E-state index contributed by atoms with van der Waals surface area (Å²) < 4.78 is 40.3. The van der Waals surface area contributed by atoms with Gasteiger partial charge in [0.05, 0.1) is 11.8 Å². The lowest BCUT2D eigenvalue weighted by Crippen LogP contribution is -2.36. The molecule has 0 bridgehead atoms. The van der Waals surface area contributed by atoms with Gasteiger partial charge in [-0.05, 0) is 17.7 Å². The fourth-order valence-electron chi connectivity index (χ4n) is 4.71. The summed E-state index contributed by atoms with van der Waals surface area (Å²) in [6.45, 7) is -0.287. The van der Waals surface area contributed by atoms with E-state index in [9.17, 15) is 18.0 Å². The molecule has 0 aromatic heterocycles. The number of rotatable bonds is 11. The summed E-state index contributed by atoms with van der Waals surface area (Å²) in [4.78, 5) is 24.5. The molecular weight excluding hydrogens is 542 g/mol. The van der Waals surface area contributed by atoms with E-state index >= 15 is 0 Å². The minimum Gasteiger partial charge on any atom is -0.491 e. The van der Waals surface area contributed by atoms with E-state index in [0.29, 0.717) is 17.1 Å². The second-order valence-corrected chi connectivity index (χ2v) is 11.0. The van der Waals surface area contributed by atoms with Crippen molar-refractivity contribution in [1.29, 1.82) is 0 Å². The Bertz CT molecular complexity index is 1590. The molecule has 1 aliphatic heterocycles. The van der Waals surface area contributed by atoms with E-state index in [1.165, 1.54) is 6.08 Å². The van der Waals surface area contributed by atoms with Gasteiger partial charge in [0.1, 0.15) is 24.7 Å². The van der Waals surface area contributed by atoms with E-state index < -0.39 is 27.5 Å². The van der Waals surface area contributed by atoms with Gasteiger partial charge in [-0.25, -0.2) is 0 Å². The van der Waals surface area contributed by atoms with Crippen LogP contribution >= 0.6 is 0 Å². The molecule has 5 rings (SSSR count). The number of amides is 2. The molecule has 4 aromatic rings. The van der Waals surface area contributed by atoms with Crippen LogP contribution in [0.3, 0.4) is 0 Å². The second kappa shape index (κ2) is 11.8. The molecule has 0 saturated carbocycles. The van der Waals surface area contributed by atoms with Gasteiger partial charge in [0.2, 0.25) is 0 Å². The molecule has 1 N–H and O–H groups in total. The highest BCUT2D eigenvalue weighted by Gasteiger charge is 2.39. The standard InChI is InChI=1S/C32H27NO7S/c1-41(36,37)39-18-17-38-27-19-23(29-22-30(34)33-31(29)35)20-28(21-27)40-32(24-11-5-2-6-12-24,25-13-7-3-8-14-25)26-15-9-4-10-16-26/h2-16,19-22H,17-18H2,1H3,(H,33,34,35). The van der Waals surface area contributed by atoms with Crippen molar-refractivity contribution in [3.63, 3.8) is 0 Å². The van der Waals surface area contributed by atoms with Gasteiger partial charge in [-0.2, -0.15) is 8.42 Å². The molecule has 0 spiro atoms. The lowest BCUT2D eigenvalue weighted by molar-refractivity contribution is -0.123. The average Bonchev–Trinajstić information content (AvgIpc) is 3.32. The maximum absolute atomic E-state index is 12.6. The maximum Gasteiger partial charge on any atom is 0.264 e. The molecule has 0 unspecified atom stereocenters. The van der Waals surface area contributed by atoms with E-state index in [1.807, 2.05) is 91.0 Å². The molecule has 8 nitrogen and oxygen atoms in total. The molecule has 208 valence electrons. The molecule has 1 aliphatic rings. The number of ether oxygens (including phenoxy) is 2. The second-order valence-electron chi connectivity index (χ2n) is 9.33. The molecule has 0 radical (unpaired) electrons. The van der Waals surface area contributed by atoms with Crippen LogP contribution in [0.4, 0.5) is 0 Å². The first kappa shape index (κ1) is 27.8. The number of nitrogens with one attached hydrogen (secondary N) is 1. The third kappa shape index (κ3) is 6.37. The monoisotopic (exact) mass is 569 g/mol. The molecule has 2 amide bonds. The topological polar surface area (TPSA) is 108 Å². The van der Waals surface area contributed by atoms with Gasteiger partial charge in [0.25, 0.3) is 21.9 Å². The van der Waals surface area contributed by atoms with Crippen molar-refractivity contribution in [3.8, 4) is 11.5 Å². The van der Waals surface area contributed by atoms with Gasteiger partial charge < -0.3 is 9.47 Å². The van der Waals surface area contributed by atoms with Gasteiger partial charge in [-0.3, -0.25) is 19.1 Å². The van der Waals surface area contributed by atoms with E-state index in [4.69, 9.17) is 13.7 Å². The van der Waals surface area contributed by atoms with Crippen molar-refractivity contribution >= 4 is 27.5 Å². The predicted octanol–water partition coefficient (Wildman–Crippen LogP) is 4.45. The van der Waals surface area contributed by atoms with Crippen molar-refractivity contribution in [2.24, 2.45) is 0 Å². The molecular formula is C32H27NO7S. The van der Waals surface area contributed by atoms with Crippen LogP contribution in [0.2, 0.25) is 0 Å². The van der Waals surface area contributed by atoms with Crippen LogP contribution < -0.4 is 14.8 Å². The lowest BCUT2D eigenvalue weighted by atomic mass is 9.80. The largest absolute Gasteiger partial charge is 0.491 e. The fourth-order valence-corrected chi connectivity index (χ4v) is 5.08. The van der Waals surface area contributed by atoms with Crippen molar-refractivity contribution in [1.82, 2.24) is 5.32 Å². The zero-order chi connectivity index (χ0) is 28.9. The molecule has 0 fully saturated rings. The average molecular weight is 570 g/mol. The summed E-state index contributed by atoms with van der Waals surface area (Å²) in [5.74, 6) is -0.414. The van der Waals surface area contributed by atoms with Gasteiger partial charge in [-0.1, -0.05) is 91.0 Å². The van der Waals surface area contributed by atoms with Gasteiger partial charge in [-0.15, -0.1) is 0 Å². The lowest BCUT2D eigenvalue weighted by Gasteiger charge is -2.36. The van der Waals surface area contributed by atoms with Gasteiger partial charge >= 0.3 is 0 Å². The van der Waals surface area contributed by atoms with Gasteiger partial charge in [0.15, 0.2) is 5.60 Å². The highest BCUT2D eigenvalue weighted by molar-refractivity contribution is 7.85. The zero-order valence-corrected chi connectivity index (χ0v) is 23.0. The van der Waals surface area contributed by atoms with Crippen molar-refractivity contribution in [2.75, 3.05) is 19.5 Å².